The molecule has 2 amide bonds. The van der Waals surface area contributed by atoms with Crippen LogP contribution in [0.1, 0.15) is 6.42 Å². The number of carbonyl (C=O) groups is 2. The topological polar surface area (TPSA) is 65.1 Å². The maximum absolute atomic E-state index is 12.8. The third-order valence-electron chi connectivity index (χ3n) is 5.76. The van der Waals surface area contributed by atoms with Crippen LogP contribution < -0.4 is 10.1 Å². The van der Waals surface area contributed by atoms with E-state index in [0.717, 1.165) is 11.6 Å². The number of anilines is 1. The normalized spacial score (nSPS) is 30.4. The molecule has 0 spiro atoms. The molecule has 132 valence electrons. The maximum Gasteiger partial charge on any atom is 0.536 e. The van der Waals surface area contributed by atoms with Crippen LogP contribution in [0.4, 0.5) is 5.69 Å². The van der Waals surface area contributed by atoms with Crippen LogP contribution in [0.25, 0.3) is 0 Å². The van der Waals surface area contributed by atoms with Crippen molar-refractivity contribution in [3.63, 3.8) is 0 Å². The zero-order valence-corrected chi connectivity index (χ0v) is 15.5. The fraction of sp³-hybridized carbons (Fsp3) is 0.444. The van der Waals surface area contributed by atoms with Gasteiger partial charge in [0.2, 0.25) is 11.8 Å². The molecule has 2 aliphatic carbocycles. The van der Waals surface area contributed by atoms with Crippen molar-refractivity contribution in [3.05, 3.63) is 36.4 Å². The molecule has 1 aromatic rings. The number of hydrogen-bond acceptors (Lipinski definition) is 5. The lowest BCUT2D eigenvalue weighted by Gasteiger charge is -2.25. The fourth-order valence-electron chi connectivity index (χ4n) is 4.57. The van der Waals surface area contributed by atoms with Gasteiger partial charge in [-0.3, -0.25) is 14.5 Å². The second-order valence-corrected chi connectivity index (χ2v) is 9.64. The molecule has 1 saturated carbocycles. The molecule has 25 heavy (non-hydrogen) atoms. The molecule has 7 heteroatoms. The van der Waals surface area contributed by atoms with Crippen LogP contribution in [-0.4, -0.2) is 41.9 Å². The number of allylic oxidation sites excluding steroid dienone is 2. The number of imide groups is 1. The summed E-state index contributed by atoms with van der Waals surface area (Å²) in [5.74, 6) is -0.0979. The third-order valence-corrected chi connectivity index (χ3v) is 8.41. The first kappa shape index (κ1) is 16.7. The minimum Gasteiger partial charge on any atom is -0.373 e. The average molecular weight is 359 g/mol. The van der Waals surface area contributed by atoms with Gasteiger partial charge < -0.3 is 13.3 Å². The molecular formula is C18H21NO5Si. The Bertz CT molecular complexity index is 704. The highest BCUT2D eigenvalue weighted by Crippen LogP contribution is 2.53. The van der Waals surface area contributed by atoms with Gasteiger partial charge in [-0.05, 0) is 30.4 Å². The van der Waals surface area contributed by atoms with Crippen molar-refractivity contribution >= 4 is 31.5 Å². The second-order valence-electron chi connectivity index (χ2n) is 6.73. The molecule has 1 saturated heterocycles. The lowest BCUT2D eigenvalue weighted by atomic mass is 9.85. The number of rotatable bonds is 5. The summed E-state index contributed by atoms with van der Waals surface area (Å²) in [6, 6.07) is 7.14. The SMILES string of the molecule is CO[Si](OC)(OC)c1ccc(N2C(=O)C3C4C=CC(C4)C3C2=O)cc1. The molecule has 3 aliphatic rings. The van der Waals surface area contributed by atoms with E-state index in [-0.39, 0.29) is 35.5 Å². The van der Waals surface area contributed by atoms with Crippen molar-refractivity contribution in [1.82, 2.24) is 0 Å². The third kappa shape index (κ3) is 2.20. The van der Waals surface area contributed by atoms with Gasteiger partial charge in [0.25, 0.3) is 0 Å². The van der Waals surface area contributed by atoms with Crippen molar-refractivity contribution < 1.29 is 22.9 Å². The van der Waals surface area contributed by atoms with Crippen LogP contribution in [0.2, 0.25) is 0 Å². The Morgan fingerprint density at radius 1 is 0.880 bits per heavy atom. The van der Waals surface area contributed by atoms with Crippen molar-refractivity contribution in [1.29, 1.82) is 0 Å². The highest BCUT2D eigenvalue weighted by atomic mass is 28.4. The molecule has 1 aromatic carbocycles. The first-order valence-electron chi connectivity index (χ1n) is 8.38. The average Bonchev–Trinajstić information content (AvgIpc) is 3.32. The van der Waals surface area contributed by atoms with Crippen molar-refractivity contribution in [2.24, 2.45) is 23.7 Å². The molecule has 4 atom stereocenters. The van der Waals surface area contributed by atoms with E-state index in [1.807, 2.05) is 0 Å². The molecule has 0 radical (unpaired) electrons. The first-order valence-corrected chi connectivity index (χ1v) is 10.1. The minimum absolute atomic E-state index is 0.0756. The molecule has 6 nitrogen and oxygen atoms in total. The van der Waals surface area contributed by atoms with Gasteiger partial charge >= 0.3 is 8.80 Å². The van der Waals surface area contributed by atoms with Crippen LogP contribution in [0, 0.1) is 23.7 Å². The Morgan fingerprint density at radius 2 is 1.36 bits per heavy atom. The van der Waals surface area contributed by atoms with E-state index in [1.165, 1.54) is 4.90 Å². The Morgan fingerprint density at radius 3 is 1.80 bits per heavy atom. The largest absolute Gasteiger partial charge is 0.536 e. The van der Waals surface area contributed by atoms with Crippen molar-refractivity contribution in [3.8, 4) is 0 Å². The van der Waals surface area contributed by atoms with Gasteiger partial charge in [0.05, 0.1) is 17.5 Å². The van der Waals surface area contributed by atoms with Crippen LogP contribution >= 0.6 is 0 Å². The molecule has 2 fully saturated rings. The lowest BCUT2D eigenvalue weighted by molar-refractivity contribution is -0.123. The van der Waals surface area contributed by atoms with Gasteiger partial charge in [-0.15, -0.1) is 0 Å². The summed E-state index contributed by atoms with van der Waals surface area (Å²) in [5, 5.41) is 0.782. The zero-order valence-electron chi connectivity index (χ0n) is 14.5. The molecule has 1 aliphatic heterocycles. The highest BCUT2D eigenvalue weighted by molar-refractivity contribution is 6.75. The number of nitrogens with zero attached hydrogens (tertiary/aromatic N) is 1. The van der Waals surface area contributed by atoms with E-state index in [1.54, 1.807) is 45.6 Å². The van der Waals surface area contributed by atoms with E-state index in [4.69, 9.17) is 13.3 Å². The Hall–Kier alpha value is -1.80. The van der Waals surface area contributed by atoms with E-state index < -0.39 is 8.80 Å². The summed E-state index contributed by atoms with van der Waals surface area (Å²) in [5.41, 5.74) is 0.596. The summed E-state index contributed by atoms with van der Waals surface area (Å²) >= 11 is 0. The maximum atomic E-state index is 12.8. The molecule has 4 unspecified atom stereocenters. The molecule has 2 bridgehead atoms. The van der Waals surface area contributed by atoms with Gasteiger partial charge in [-0.2, -0.15) is 0 Å². The summed E-state index contributed by atoms with van der Waals surface area (Å²) in [6.45, 7) is 0. The van der Waals surface area contributed by atoms with E-state index in [2.05, 4.69) is 12.2 Å². The predicted octanol–water partition coefficient (Wildman–Crippen LogP) is 1.08. The smallest absolute Gasteiger partial charge is 0.373 e. The molecule has 0 aromatic heterocycles. The van der Waals surface area contributed by atoms with Crippen LogP contribution in [0.15, 0.2) is 36.4 Å². The minimum atomic E-state index is -2.92. The number of amides is 2. The zero-order chi connectivity index (χ0) is 17.8. The number of benzene rings is 1. The Kier molecular flexibility index (Phi) is 3.91. The van der Waals surface area contributed by atoms with Crippen LogP contribution in [-0.2, 0) is 22.9 Å². The molecule has 4 rings (SSSR count). The summed E-state index contributed by atoms with van der Waals surface area (Å²) in [7, 11) is 1.72. The van der Waals surface area contributed by atoms with Crippen molar-refractivity contribution in [2.75, 3.05) is 26.2 Å². The van der Waals surface area contributed by atoms with Gasteiger partial charge in [0.15, 0.2) is 0 Å². The second kappa shape index (κ2) is 5.88. The Balaban J connectivity index is 1.63. The molecule has 0 N–H and O–H groups in total. The summed E-state index contributed by atoms with van der Waals surface area (Å²) < 4.78 is 16.4. The number of hydrogen-bond donors (Lipinski definition) is 0. The fourth-order valence-corrected chi connectivity index (χ4v) is 6.36. The highest BCUT2D eigenvalue weighted by Gasteiger charge is 2.59. The number of carbonyl (C=O) groups excluding carboxylic acids is 2. The standard InChI is InChI=1S/C18H21NO5Si/c1-22-25(23-2,24-3)14-8-6-13(7-9-14)19-17(20)15-11-4-5-12(10-11)16(15)18(19)21/h4-9,11-12,15-16H,10H2,1-3H3. The predicted molar refractivity (Wildman–Crippen MR) is 93.1 cm³/mol. The first-order chi connectivity index (χ1) is 12.1. The van der Waals surface area contributed by atoms with Gasteiger partial charge in [0, 0.05) is 26.5 Å². The van der Waals surface area contributed by atoms with Gasteiger partial charge in [0.1, 0.15) is 0 Å². The molecular weight excluding hydrogens is 338 g/mol. The summed E-state index contributed by atoms with van der Waals surface area (Å²) in [4.78, 5) is 27.0. The number of fused-ring (bicyclic) bond motifs is 5. The van der Waals surface area contributed by atoms with Gasteiger partial charge in [-0.1, -0.05) is 24.3 Å². The molecule has 1 heterocycles. The Labute approximate surface area is 147 Å². The van der Waals surface area contributed by atoms with Crippen molar-refractivity contribution in [2.45, 2.75) is 6.42 Å². The van der Waals surface area contributed by atoms with E-state index in [9.17, 15) is 9.59 Å². The summed E-state index contributed by atoms with van der Waals surface area (Å²) in [6.07, 6.45) is 5.13. The van der Waals surface area contributed by atoms with E-state index >= 15 is 0 Å². The lowest BCUT2D eigenvalue weighted by Crippen LogP contribution is -2.54. The van der Waals surface area contributed by atoms with Crippen LogP contribution in [0.3, 0.4) is 0 Å². The monoisotopic (exact) mass is 359 g/mol. The van der Waals surface area contributed by atoms with Gasteiger partial charge in [-0.25, -0.2) is 0 Å². The quantitative estimate of drug-likeness (QED) is 0.447. The van der Waals surface area contributed by atoms with E-state index in [0.29, 0.717) is 5.69 Å². The van der Waals surface area contributed by atoms with Crippen LogP contribution in [0.5, 0.6) is 0 Å².